The van der Waals surface area contributed by atoms with E-state index in [1.807, 2.05) is 12.1 Å². The molecule has 0 radical (unpaired) electrons. The van der Waals surface area contributed by atoms with Crippen molar-refractivity contribution in [2.75, 3.05) is 6.54 Å². The van der Waals surface area contributed by atoms with Crippen molar-refractivity contribution in [1.29, 1.82) is 0 Å². The summed E-state index contributed by atoms with van der Waals surface area (Å²) < 4.78 is 33.8. The van der Waals surface area contributed by atoms with Crippen LogP contribution in [-0.2, 0) is 11.2 Å². The largest absolute Gasteiger partial charge is 0.365 e. The first kappa shape index (κ1) is 24.9. The fourth-order valence-electron chi connectivity index (χ4n) is 5.77. The van der Waals surface area contributed by atoms with Crippen LogP contribution in [0.25, 0.3) is 0 Å². The third kappa shape index (κ3) is 5.96. The maximum Gasteiger partial charge on any atom is 0.123 e. The molecule has 2 fully saturated rings. The monoisotopic (exact) mass is 504 g/mol. The number of aryl methyl sites for hydroxylation is 1. The molecule has 0 aliphatic carbocycles. The Morgan fingerprint density at radius 1 is 0.861 bits per heavy atom. The van der Waals surface area contributed by atoms with Crippen molar-refractivity contribution in [1.82, 2.24) is 4.90 Å². The lowest BCUT2D eigenvalue weighted by molar-refractivity contribution is -0.0483. The SMILES string of the molecule is Fc1ccc(C(OC2C[C@H]3CC[C@@H](C2)N3CCCc2ccc(N=C=S)cc2)c2ccc(F)cc2)cc1. The Morgan fingerprint density at radius 2 is 1.42 bits per heavy atom. The van der Waals surface area contributed by atoms with E-state index in [1.165, 1.54) is 42.7 Å². The Kier molecular flexibility index (Phi) is 7.98. The van der Waals surface area contributed by atoms with Crippen molar-refractivity contribution in [3.05, 3.63) is 101 Å². The van der Waals surface area contributed by atoms with Gasteiger partial charge in [-0.3, -0.25) is 4.90 Å². The summed E-state index contributed by atoms with van der Waals surface area (Å²) in [6, 6.07) is 22.1. The highest BCUT2D eigenvalue weighted by Gasteiger charge is 2.41. The molecule has 3 atom stereocenters. The molecule has 0 spiro atoms. The van der Waals surface area contributed by atoms with E-state index in [2.05, 4.69) is 39.4 Å². The highest BCUT2D eigenvalue weighted by molar-refractivity contribution is 7.78. The highest BCUT2D eigenvalue weighted by atomic mass is 32.1. The Hall–Kier alpha value is -2.76. The molecule has 0 saturated carbocycles. The van der Waals surface area contributed by atoms with Gasteiger partial charge in [0.25, 0.3) is 0 Å². The Balaban J connectivity index is 1.21. The number of rotatable bonds is 9. The molecule has 186 valence electrons. The molecule has 3 nitrogen and oxygen atoms in total. The van der Waals surface area contributed by atoms with E-state index in [4.69, 9.17) is 4.74 Å². The van der Waals surface area contributed by atoms with Crippen LogP contribution in [0.5, 0.6) is 0 Å². The minimum Gasteiger partial charge on any atom is -0.365 e. The van der Waals surface area contributed by atoms with Crippen molar-refractivity contribution in [2.45, 2.75) is 62.8 Å². The van der Waals surface area contributed by atoms with Gasteiger partial charge < -0.3 is 4.74 Å². The standard InChI is InChI=1S/C30H30F2N2OS/c31-24-9-5-22(6-10-24)30(23-7-11-25(32)12-8-23)35-29-18-27-15-16-28(19-29)34(27)17-1-2-21-3-13-26(14-4-21)33-20-36/h3-14,27-30H,1-2,15-19H2/t27-,28+,29?. The smallest absolute Gasteiger partial charge is 0.123 e. The van der Waals surface area contributed by atoms with E-state index >= 15 is 0 Å². The lowest BCUT2D eigenvalue weighted by Crippen LogP contribution is -2.46. The summed E-state index contributed by atoms with van der Waals surface area (Å²) >= 11 is 4.67. The van der Waals surface area contributed by atoms with Crippen molar-refractivity contribution in [2.24, 2.45) is 4.99 Å². The number of hydrogen-bond donors (Lipinski definition) is 0. The third-order valence-corrected chi connectivity index (χ3v) is 7.60. The molecular weight excluding hydrogens is 474 g/mol. The van der Waals surface area contributed by atoms with Crippen LogP contribution in [-0.4, -0.2) is 34.8 Å². The van der Waals surface area contributed by atoms with Gasteiger partial charge in [-0.2, -0.15) is 4.99 Å². The molecule has 0 N–H and O–H groups in total. The zero-order valence-corrected chi connectivity index (χ0v) is 21.0. The van der Waals surface area contributed by atoms with E-state index in [0.717, 1.165) is 49.0 Å². The number of thiocarbonyl (C=S) groups is 1. The maximum absolute atomic E-state index is 13.6. The summed E-state index contributed by atoms with van der Waals surface area (Å²) in [5.74, 6) is -0.551. The lowest BCUT2D eigenvalue weighted by Gasteiger charge is -2.40. The summed E-state index contributed by atoms with van der Waals surface area (Å²) in [5, 5.41) is 2.41. The van der Waals surface area contributed by atoms with Crippen LogP contribution >= 0.6 is 12.2 Å². The van der Waals surface area contributed by atoms with Gasteiger partial charge in [0.05, 0.1) is 17.0 Å². The minimum atomic E-state index is -0.340. The van der Waals surface area contributed by atoms with Crippen LogP contribution in [0.1, 0.15) is 54.9 Å². The molecule has 5 rings (SSSR count). The molecule has 2 heterocycles. The second kappa shape index (κ2) is 11.5. The number of fused-ring (bicyclic) bond motifs is 2. The number of piperidine rings is 1. The van der Waals surface area contributed by atoms with Gasteiger partial charge in [0.2, 0.25) is 0 Å². The normalized spacial score (nSPS) is 21.5. The van der Waals surface area contributed by atoms with Gasteiger partial charge in [0, 0.05) is 12.1 Å². The first-order valence-electron chi connectivity index (χ1n) is 12.7. The second-order valence-corrected chi connectivity index (χ2v) is 9.99. The number of aliphatic imine (C=N–C) groups is 1. The number of isothiocyanates is 1. The lowest BCUT2D eigenvalue weighted by atomic mass is 9.96. The average molecular weight is 505 g/mol. The summed E-state index contributed by atoms with van der Waals surface area (Å²) in [6.45, 7) is 1.08. The molecule has 3 aromatic carbocycles. The van der Waals surface area contributed by atoms with Gasteiger partial charge in [-0.15, -0.1) is 0 Å². The predicted molar refractivity (Wildman–Crippen MR) is 142 cm³/mol. The summed E-state index contributed by atoms with van der Waals surface area (Å²) in [4.78, 5) is 6.69. The van der Waals surface area contributed by atoms with Crippen molar-refractivity contribution < 1.29 is 13.5 Å². The van der Waals surface area contributed by atoms with E-state index in [1.54, 1.807) is 24.3 Å². The van der Waals surface area contributed by atoms with Crippen LogP contribution in [0, 0.1) is 11.6 Å². The Morgan fingerprint density at radius 3 is 1.94 bits per heavy atom. The number of nitrogens with zero attached hydrogens (tertiary/aromatic N) is 2. The Bertz CT molecular complexity index is 1130. The first-order valence-corrected chi connectivity index (χ1v) is 13.1. The van der Waals surface area contributed by atoms with Crippen LogP contribution < -0.4 is 0 Å². The Labute approximate surface area is 216 Å². The number of halogens is 2. The van der Waals surface area contributed by atoms with E-state index in [-0.39, 0.29) is 23.8 Å². The molecule has 2 aliphatic rings. The fourth-order valence-corrected chi connectivity index (χ4v) is 5.88. The number of benzene rings is 3. The molecule has 3 aromatic rings. The van der Waals surface area contributed by atoms with Crippen LogP contribution in [0.3, 0.4) is 0 Å². The van der Waals surface area contributed by atoms with Gasteiger partial charge in [-0.1, -0.05) is 36.4 Å². The zero-order valence-electron chi connectivity index (χ0n) is 20.2. The molecule has 2 bridgehead atoms. The van der Waals surface area contributed by atoms with Gasteiger partial charge in [-0.25, -0.2) is 8.78 Å². The van der Waals surface area contributed by atoms with Crippen molar-refractivity contribution in [3.63, 3.8) is 0 Å². The van der Waals surface area contributed by atoms with Gasteiger partial charge in [-0.05, 0) is 110 Å². The minimum absolute atomic E-state index is 0.119. The van der Waals surface area contributed by atoms with Crippen LogP contribution in [0.4, 0.5) is 14.5 Å². The van der Waals surface area contributed by atoms with E-state index < -0.39 is 0 Å². The summed E-state index contributed by atoms with van der Waals surface area (Å²) in [6.07, 6.45) is 6.30. The fraction of sp³-hybridized carbons (Fsp3) is 0.367. The van der Waals surface area contributed by atoms with E-state index in [0.29, 0.717) is 12.1 Å². The van der Waals surface area contributed by atoms with Crippen molar-refractivity contribution in [3.8, 4) is 0 Å². The molecule has 36 heavy (non-hydrogen) atoms. The van der Waals surface area contributed by atoms with Crippen LogP contribution in [0.2, 0.25) is 0 Å². The third-order valence-electron chi connectivity index (χ3n) is 7.51. The quantitative estimate of drug-likeness (QED) is 0.224. The average Bonchev–Trinajstić information content (AvgIpc) is 3.12. The van der Waals surface area contributed by atoms with Gasteiger partial charge in [0.15, 0.2) is 0 Å². The molecule has 6 heteroatoms. The number of hydrogen-bond acceptors (Lipinski definition) is 4. The predicted octanol–water partition coefficient (Wildman–Crippen LogP) is 7.43. The summed E-state index contributed by atoms with van der Waals surface area (Å²) in [5.41, 5.74) is 3.93. The molecule has 0 aromatic heterocycles. The first-order chi connectivity index (χ1) is 17.6. The molecule has 2 saturated heterocycles. The van der Waals surface area contributed by atoms with Crippen LogP contribution in [0.15, 0.2) is 77.8 Å². The molecular formula is C30H30F2N2OS. The van der Waals surface area contributed by atoms with E-state index in [9.17, 15) is 8.78 Å². The maximum atomic E-state index is 13.6. The zero-order chi connectivity index (χ0) is 24.9. The van der Waals surface area contributed by atoms with Gasteiger partial charge >= 0.3 is 0 Å². The summed E-state index contributed by atoms with van der Waals surface area (Å²) in [7, 11) is 0. The van der Waals surface area contributed by atoms with Gasteiger partial charge in [0.1, 0.15) is 17.7 Å². The molecule has 1 unspecified atom stereocenters. The van der Waals surface area contributed by atoms with Crippen molar-refractivity contribution >= 4 is 23.1 Å². The molecule has 0 amide bonds. The second-order valence-electron chi connectivity index (χ2n) is 9.81. The molecule has 2 aliphatic heterocycles. The topological polar surface area (TPSA) is 24.8 Å². The number of ether oxygens (including phenoxy) is 1. The highest BCUT2D eigenvalue weighted by Crippen LogP contribution is 2.40.